The second-order valence-corrected chi connectivity index (χ2v) is 5.01. The molecule has 3 aromatic heterocycles. The van der Waals surface area contributed by atoms with Crippen LogP contribution >= 0.6 is 0 Å². The number of pyridine rings is 1. The zero-order chi connectivity index (χ0) is 14.2. The highest BCUT2D eigenvalue weighted by molar-refractivity contribution is 5.53. The van der Waals surface area contributed by atoms with E-state index in [1.54, 1.807) is 25.6 Å². The van der Waals surface area contributed by atoms with Gasteiger partial charge in [0, 0.05) is 29.7 Å². The zero-order valence-corrected chi connectivity index (χ0v) is 11.4. The Morgan fingerprint density at radius 3 is 2.90 bits per heavy atom. The highest BCUT2D eigenvalue weighted by atomic mass is 16.5. The first kappa shape index (κ1) is 12.1. The van der Waals surface area contributed by atoms with Gasteiger partial charge in [-0.2, -0.15) is 4.98 Å². The first-order valence-corrected chi connectivity index (χ1v) is 6.72. The van der Waals surface area contributed by atoms with Crippen molar-refractivity contribution in [2.75, 3.05) is 7.11 Å². The summed E-state index contributed by atoms with van der Waals surface area (Å²) in [7, 11) is 1.58. The Balaban J connectivity index is 1.53. The molecule has 0 radical (unpaired) electrons. The van der Waals surface area contributed by atoms with Gasteiger partial charge in [0.1, 0.15) is 5.76 Å². The molecule has 2 atom stereocenters. The van der Waals surface area contributed by atoms with E-state index in [0.29, 0.717) is 23.5 Å². The Labute approximate surface area is 120 Å². The van der Waals surface area contributed by atoms with E-state index >= 15 is 0 Å². The van der Waals surface area contributed by atoms with Gasteiger partial charge in [0.15, 0.2) is 0 Å². The van der Waals surface area contributed by atoms with Gasteiger partial charge in [-0.25, -0.2) is 4.98 Å². The molecule has 0 amide bonds. The lowest BCUT2D eigenvalue weighted by Crippen LogP contribution is -1.88. The van der Waals surface area contributed by atoms with Crippen LogP contribution in [-0.2, 0) is 0 Å². The molecular weight excluding hydrogens is 270 g/mol. The molecule has 4 rings (SSSR count). The highest BCUT2D eigenvalue weighted by Crippen LogP contribution is 2.54. The summed E-state index contributed by atoms with van der Waals surface area (Å²) in [6.45, 7) is 0. The first-order valence-electron chi connectivity index (χ1n) is 6.72. The van der Waals surface area contributed by atoms with Crippen molar-refractivity contribution in [2.45, 2.75) is 18.3 Å². The zero-order valence-electron chi connectivity index (χ0n) is 11.4. The van der Waals surface area contributed by atoms with Crippen LogP contribution in [0.5, 0.6) is 5.88 Å². The van der Waals surface area contributed by atoms with Gasteiger partial charge in [-0.05, 0) is 24.6 Å². The maximum Gasteiger partial charge on any atom is 0.230 e. The lowest BCUT2D eigenvalue weighted by Gasteiger charge is -1.97. The lowest BCUT2D eigenvalue weighted by atomic mass is 10.2. The van der Waals surface area contributed by atoms with Gasteiger partial charge in [0.25, 0.3) is 0 Å². The molecule has 21 heavy (non-hydrogen) atoms. The van der Waals surface area contributed by atoms with Gasteiger partial charge in [0.2, 0.25) is 17.6 Å². The van der Waals surface area contributed by atoms with Crippen LogP contribution in [0.4, 0.5) is 0 Å². The van der Waals surface area contributed by atoms with Crippen LogP contribution in [0.2, 0.25) is 0 Å². The second-order valence-electron chi connectivity index (χ2n) is 5.01. The molecule has 0 saturated heterocycles. The Kier molecular flexibility index (Phi) is 2.73. The fourth-order valence-corrected chi connectivity index (χ4v) is 2.42. The first-order chi connectivity index (χ1) is 10.3. The molecule has 3 heterocycles. The summed E-state index contributed by atoms with van der Waals surface area (Å²) in [5.41, 5.74) is 0.806. The van der Waals surface area contributed by atoms with Crippen LogP contribution in [-0.4, -0.2) is 22.2 Å². The van der Waals surface area contributed by atoms with E-state index in [4.69, 9.17) is 13.7 Å². The Bertz CT molecular complexity index is 734. The molecule has 2 unspecified atom stereocenters. The normalized spacial score (nSPS) is 20.4. The molecule has 0 spiro atoms. The standard InChI is InChI=1S/C15H13N3O3/c1-19-13-5-4-9(8-16-13)14-17-15(21-18-14)11-7-10(11)12-3-2-6-20-12/h2-6,8,10-11H,7H2,1H3. The van der Waals surface area contributed by atoms with Gasteiger partial charge in [0.05, 0.1) is 13.4 Å². The van der Waals surface area contributed by atoms with Crippen molar-refractivity contribution in [3.8, 4) is 17.3 Å². The molecule has 0 bridgehead atoms. The van der Waals surface area contributed by atoms with E-state index < -0.39 is 0 Å². The van der Waals surface area contributed by atoms with Crippen LogP contribution < -0.4 is 4.74 Å². The van der Waals surface area contributed by atoms with E-state index in [9.17, 15) is 0 Å². The quantitative estimate of drug-likeness (QED) is 0.732. The monoisotopic (exact) mass is 283 g/mol. The minimum atomic E-state index is 0.253. The summed E-state index contributed by atoms with van der Waals surface area (Å²) >= 11 is 0. The van der Waals surface area contributed by atoms with Gasteiger partial charge in [-0.15, -0.1) is 0 Å². The molecule has 1 saturated carbocycles. The summed E-state index contributed by atoms with van der Waals surface area (Å²) < 4.78 is 15.8. The van der Waals surface area contributed by atoms with Crippen molar-refractivity contribution in [1.82, 2.24) is 15.1 Å². The molecule has 0 aromatic carbocycles. The van der Waals surface area contributed by atoms with Crippen molar-refractivity contribution in [3.05, 3.63) is 48.4 Å². The Morgan fingerprint density at radius 1 is 1.24 bits per heavy atom. The van der Waals surface area contributed by atoms with E-state index in [-0.39, 0.29) is 5.92 Å². The van der Waals surface area contributed by atoms with Crippen molar-refractivity contribution >= 4 is 0 Å². The van der Waals surface area contributed by atoms with Crippen molar-refractivity contribution in [3.63, 3.8) is 0 Å². The number of hydrogen-bond donors (Lipinski definition) is 0. The Hall–Kier alpha value is -2.63. The molecule has 0 N–H and O–H groups in total. The van der Waals surface area contributed by atoms with Gasteiger partial charge in [-0.3, -0.25) is 0 Å². The third kappa shape index (κ3) is 2.18. The highest BCUT2D eigenvalue weighted by Gasteiger charge is 2.45. The number of ether oxygens (including phenoxy) is 1. The van der Waals surface area contributed by atoms with Crippen LogP contribution in [0.1, 0.15) is 29.9 Å². The summed E-state index contributed by atoms with van der Waals surface area (Å²) in [4.78, 5) is 8.60. The van der Waals surface area contributed by atoms with Crippen molar-refractivity contribution in [2.24, 2.45) is 0 Å². The Morgan fingerprint density at radius 2 is 2.19 bits per heavy atom. The smallest absolute Gasteiger partial charge is 0.230 e. The molecule has 1 fully saturated rings. The molecule has 106 valence electrons. The van der Waals surface area contributed by atoms with Crippen molar-refractivity contribution in [1.29, 1.82) is 0 Å². The fourth-order valence-electron chi connectivity index (χ4n) is 2.42. The van der Waals surface area contributed by atoms with Gasteiger partial charge >= 0.3 is 0 Å². The predicted molar refractivity (Wildman–Crippen MR) is 72.9 cm³/mol. The lowest BCUT2D eigenvalue weighted by molar-refractivity contribution is 0.376. The van der Waals surface area contributed by atoms with Gasteiger partial charge in [-0.1, -0.05) is 5.16 Å². The van der Waals surface area contributed by atoms with Crippen LogP contribution in [0.25, 0.3) is 11.4 Å². The molecule has 0 aliphatic heterocycles. The minimum Gasteiger partial charge on any atom is -0.481 e. The number of methoxy groups -OCH3 is 1. The molecule has 1 aliphatic rings. The molecule has 6 nitrogen and oxygen atoms in total. The average Bonchev–Trinajstić information content (AvgIpc) is 2.97. The number of furan rings is 1. The fraction of sp³-hybridized carbons (Fsp3) is 0.267. The third-order valence-electron chi connectivity index (χ3n) is 3.66. The summed E-state index contributed by atoms with van der Waals surface area (Å²) in [5, 5.41) is 4.02. The molecular formula is C15H13N3O3. The van der Waals surface area contributed by atoms with E-state index in [1.165, 1.54) is 0 Å². The largest absolute Gasteiger partial charge is 0.481 e. The van der Waals surface area contributed by atoms with Gasteiger partial charge < -0.3 is 13.7 Å². The SMILES string of the molecule is COc1ccc(-c2noc(C3CC3c3ccco3)n2)cn1. The number of aromatic nitrogens is 3. The van der Waals surface area contributed by atoms with Crippen LogP contribution in [0.3, 0.4) is 0 Å². The minimum absolute atomic E-state index is 0.253. The summed E-state index contributed by atoms with van der Waals surface area (Å²) in [6.07, 6.45) is 4.34. The van der Waals surface area contributed by atoms with E-state index in [2.05, 4.69) is 15.1 Å². The third-order valence-corrected chi connectivity index (χ3v) is 3.66. The maximum atomic E-state index is 5.41. The second kappa shape index (κ2) is 4.73. The predicted octanol–water partition coefficient (Wildman–Crippen LogP) is 3.00. The molecule has 1 aliphatic carbocycles. The van der Waals surface area contributed by atoms with E-state index in [0.717, 1.165) is 17.7 Å². The van der Waals surface area contributed by atoms with Crippen LogP contribution in [0, 0.1) is 0 Å². The topological polar surface area (TPSA) is 74.2 Å². The average molecular weight is 283 g/mol. The summed E-state index contributed by atoms with van der Waals surface area (Å²) in [5.74, 6) is 3.34. The van der Waals surface area contributed by atoms with Crippen LogP contribution in [0.15, 0.2) is 45.7 Å². The van der Waals surface area contributed by atoms with Crippen molar-refractivity contribution < 1.29 is 13.7 Å². The molecule has 3 aromatic rings. The maximum absolute atomic E-state index is 5.41. The number of rotatable bonds is 4. The summed E-state index contributed by atoms with van der Waals surface area (Å²) in [6, 6.07) is 7.51. The number of nitrogens with zero attached hydrogens (tertiary/aromatic N) is 3. The van der Waals surface area contributed by atoms with E-state index in [1.807, 2.05) is 18.2 Å². The number of hydrogen-bond acceptors (Lipinski definition) is 6. The molecule has 6 heteroatoms.